The van der Waals surface area contributed by atoms with Crippen LogP contribution in [-0.2, 0) is 4.79 Å². The normalized spacial score (nSPS) is 12.6. The van der Waals surface area contributed by atoms with Crippen molar-refractivity contribution < 1.29 is 19.4 Å². The molecule has 2 aromatic rings. The second-order valence-corrected chi connectivity index (χ2v) is 5.75. The molecule has 0 aromatic heterocycles. The number of phenols is 1. The number of benzene rings is 2. The molecule has 0 atom stereocenters. The molecule has 3 rings (SSSR count). The second-order valence-electron chi connectivity index (χ2n) is 4.90. The largest absolute Gasteiger partial charge is 0.508 e. The van der Waals surface area contributed by atoms with E-state index in [0.29, 0.717) is 27.2 Å². The van der Waals surface area contributed by atoms with Gasteiger partial charge in [0.15, 0.2) is 11.5 Å². The Kier molecular flexibility index (Phi) is 4.40. The van der Waals surface area contributed by atoms with Gasteiger partial charge >= 0.3 is 0 Å². The molecule has 2 aromatic carbocycles. The third-order valence-electron chi connectivity index (χ3n) is 3.28. The summed E-state index contributed by atoms with van der Waals surface area (Å²) in [4.78, 5) is 12.2. The summed E-state index contributed by atoms with van der Waals surface area (Å²) in [5.74, 6) is 0.702. The van der Waals surface area contributed by atoms with Gasteiger partial charge in [-0.05, 0) is 48.0 Å². The highest BCUT2D eigenvalue weighted by molar-refractivity contribution is 9.10. The summed E-state index contributed by atoms with van der Waals surface area (Å²) in [5.41, 5.74) is 1.03. The van der Waals surface area contributed by atoms with Gasteiger partial charge in [0.2, 0.25) is 6.79 Å². The van der Waals surface area contributed by atoms with E-state index in [2.05, 4.69) is 21.2 Å². The number of hydrogen-bond donors (Lipinski definition) is 2. The van der Waals surface area contributed by atoms with Crippen molar-refractivity contribution in [2.75, 3.05) is 12.1 Å². The molecule has 0 aliphatic carbocycles. The summed E-state index contributed by atoms with van der Waals surface area (Å²) < 4.78 is 11.2. The van der Waals surface area contributed by atoms with Crippen LogP contribution >= 0.6 is 15.9 Å². The van der Waals surface area contributed by atoms with E-state index in [1.807, 2.05) is 6.07 Å². The van der Waals surface area contributed by atoms with Gasteiger partial charge in [0.25, 0.3) is 5.91 Å². The van der Waals surface area contributed by atoms with E-state index in [1.54, 1.807) is 24.3 Å². The van der Waals surface area contributed by atoms with E-state index in [-0.39, 0.29) is 18.1 Å². The first-order valence-electron chi connectivity index (χ1n) is 6.88. The highest BCUT2D eigenvalue weighted by Crippen LogP contribution is 2.37. The lowest BCUT2D eigenvalue weighted by atomic mass is 10.1. The molecule has 120 valence electrons. The van der Waals surface area contributed by atoms with Crippen molar-refractivity contribution in [1.29, 1.82) is 5.26 Å². The Morgan fingerprint density at radius 2 is 1.92 bits per heavy atom. The number of anilines is 1. The molecule has 0 radical (unpaired) electrons. The number of carbonyl (C=O) groups is 1. The molecular formula is C17H11BrN2O4. The molecule has 1 aliphatic heterocycles. The smallest absolute Gasteiger partial charge is 0.266 e. The number of nitriles is 1. The van der Waals surface area contributed by atoms with Crippen molar-refractivity contribution in [3.05, 3.63) is 52.0 Å². The van der Waals surface area contributed by atoms with E-state index in [4.69, 9.17) is 9.47 Å². The molecule has 6 nitrogen and oxygen atoms in total. The number of phenolic OH excluding ortho intramolecular Hbond substituents is 1. The van der Waals surface area contributed by atoms with Gasteiger partial charge in [-0.15, -0.1) is 0 Å². The van der Waals surface area contributed by atoms with Crippen LogP contribution in [0.2, 0.25) is 0 Å². The molecule has 0 spiro atoms. The average molecular weight is 387 g/mol. The molecule has 0 unspecified atom stereocenters. The Hall–Kier alpha value is -2.98. The third-order valence-corrected chi connectivity index (χ3v) is 3.97. The van der Waals surface area contributed by atoms with Gasteiger partial charge in [-0.2, -0.15) is 5.26 Å². The van der Waals surface area contributed by atoms with Crippen molar-refractivity contribution in [2.24, 2.45) is 0 Å². The quantitative estimate of drug-likeness (QED) is 0.478. The maximum absolute atomic E-state index is 12.2. The summed E-state index contributed by atoms with van der Waals surface area (Å²) >= 11 is 3.38. The number of nitrogens with zero attached hydrogens (tertiary/aromatic N) is 1. The van der Waals surface area contributed by atoms with Gasteiger partial charge in [-0.1, -0.05) is 15.9 Å². The molecule has 0 saturated heterocycles. The van der Waals surface area contributed by atoms with Gasteiger partial charge < -0.3 is 19.9 Å². The predicted molar refractivity (Wildman–Crippen MR) is 90.6 cm³/mol. The van der Waals surface area contributed by atoms with Crippen molar-refractivity contribution in [2.45, 2.75) is 0 Å². The zero-order valence-corrected chi connectivity index (χ0v) is 13.8. The Morgan fingerprint density at radius 3 is 2.58 bits per heavy atom. The molecule has 1 heterocycles. The fourth-order valence-corrected chi connectivity index (χ4v) is 2.53. The van der Waals surface area contributed by atoms with Crippen molar-refractivity contribution in [1.82, 2.24) is 0 Å². The van der Waals surface area contributed by atoms with Crippen LogP contribution in [0.1, 0.15) is 5.56 Å². The molecule has 24 heavy (non-hydrogen) atoms. The molecule has 1 amide bonds. The number of carbonyl (C=O) groups excluding carboxylic acids is 1. The summed E-state index contributed by atoms with van der Waals surface area (Å²) in [6.45, 7) is 0.140. The van der Waals surface area contributed by atoms with E-state index in [1.165, 1.54) is 18.2 Å². The molecule has 0 saturated carbocycles. The fourth-order valence-electron chi connectivity index (χ4n) is 2.09. The number of rotatable bonds is 3. The van der Waals surface area contributed by atoms with Gasteiger partial charge in [-0.3, -0.25) is 4.79 Å². The monoisotopic (exact) mass is 386 g/mol. The Balaban J connectivity index is 1.85. The summed E-state index contributed by atoms with van der Waals surface area (Å²) in [6, 6.07) is 11.3. The number of ether oxygens (including phenoxy) is 2. The lowest BCUT2D eigenvalue weighted by Gasteiger charge is -2.06. The fraction of sp³-hybridized carbons (Fsp3) is 0.0588. The molecule has 1 aliphatic rings. The summed E-state index contributed by atoms with van der Waals surface area (Å²) in [5, 5.41) is 21.1. The van der Waals surface area contributed by atoms with Crippen molar-refractivity contribution in [3.63, 3.8) is 0 Å². The number of halogens is 1. The van der Waals surface area contributed by atoms with Crippen molar-refractivity contribution in [3.8, 4) is 23.3 Å². The lowest BCUT2D eigenvalue weighted by Crippen LogP contribution is -2.13. The molecular weight excluding hydrogens is 376 g/mol. The third kappa shape index (κ3) is 3.34. The van der Waals surface area contributed by atoms with E-state index < -0.39 is 5.91 Å². The van der Waals surface area contributed by atoms with Crippen LogP contribution in [0.15, 0.2) is 46.4 Å². The van der Waals surface area contributed by atoms with Gasteiger partial charge in [0.1, 0.15) is 17.4 Å². The topological polar surface area (TPSA) is 91.6 Å². The number of nitrogens with one attached hydrogen (secondary N) is 1. The maximum Gasteiger partial charge on any atom is 0.266 e. The molecule has 0 fully saturated rings. The minimum atomic E-state index is -0.548. The van der Waals surface area contributed by atoms with E-state index in [9.17, 15) is 15.2 Å². The number of fused-ring (bicyclic) bond motifs is 1. The van der Waals surface area contributed by atoms with E-state index >= 15 is 0 Å². The van der Waals surface area contributed by atoms with Crippen LogP contribution in [0.5, 0.6) is 17.2 Å². The second kappa shape index (κ2) is 6.64. The number of aromatic hydroxyl groups is 1. The van der Waals surface area contributed by atoms with Gasteiger partial charge in [0, 0.05) is 10.2 Å². The summed E-state index contributed by atoms with van der Waals surface area (Å²) in [6.07, 6.45) is 1.46. The summed E-state index contributed by atoms with van der Waals surface area (Å²) in [7, 11) is 0. The van der Waals surface area contributed by atoms with Crippen LogP contribution < -0.4 is 14.8 Å². The standard InChI is InChI=1S/C17H11BrN2O4/c18-14-7-16-15(23-9-24-16)6-10(14)5-11(8-19)17(22)20-12-1-3-13(21)4-2-12/h1-7,21H,9H2,(H,20,22)/b11-5+. The Labute approximate surface area is 146 Å². The molecule has 0 bridgehead atoms. The minimum absolute atomic E-state index is 0.0670. The SMILES string of the molecule is N#C/C(=C\c1cc2c(cc1Br)OCO2)C(=O)Nc1ccc(O)cc1. The first-order valence-corrected chi connectivity index (χ1v) is 7.67. The maximum atomic E-state index is 12.2. The molecule has 7 heteroatoms. The lowest BCUT2D eigenvalue weighted by molar-refractivity contribution is -0.112. The average Bonchev–Trinajstić information content (AvgIpc) is 3.01. The number of hydrogen-bond acceptors (Lipinski definition) is 5. The number of amides is 1. The van der Waals surface area contributed by atoms with Crippen molar-refractivity contribution >= 4 is 33.6 Å². The zero-order chi connectivity index (χ0) is 17.1. The van der Waals surface area contributed by atoms with Crippen LogP contribution in [0.4, 0.5) is 5.69 Å². The van der Waals surface area contributed by atoms with E-state index in [0.717, 1.165) is 0 Å². The van der Waals surface area contributed by atoms with Crippen LogP contribution in [-0.4, -0.2) is 17.8 Å². The van der Waals surface area contributed by atoms with Crippen LogP contribution in [0, 0.1) is 11.3 Å². The van der Waals surface area contributed by atoms with Crippen LogP contribution in [0.25, 0.3) is 6.08 Å². The zero-order valence-electron chi connectivity index (χ0n) is 12.2. The molecule has 2 N–H and O–H groups in total. The first kappa shape index (κ1) is 15.9. The Morgan fingerprint density at radius 1 is 1.25 bits per heavy atom. The minimum Gasteiger partial charge on any atom is -0.508 e. The highest BCUT2D eigenvalue weighted by atomic mass is 79.9. The predicted octanol–water partition coefficient (Wildman–Crippen LogP) is 3.43. The van der Waals surface area contributed by atoms with Gasteiger partial charge in [-0.25, -0.2) is 0 Å². The Bertz CT molecular complexity index is 869. The van der Waals surface area contributed by atoms with Gasteiger partial charge in [0.05, 0.1) is 0 Å². The first-order chi connectivity index (χ1) is 11.6. The van der Waals surface area contributed by atoms with Crippen LogP contribution in [0.3, 0.4) is 0 Å². The highest BCUT2D eigenvalue weighted by Gasteiger charge is 2.17.